The molecule has 3 N–H and O–H groups in total. The van der Waals surface area contributed by atoms with Gasteiger partial charge in [0.05, 0.1) is 18.1 Å². The smallest absolute Gasteiger partial charge is 0.308 e. The number of rotatable bonds is 4. The summed E-state index contributed by atoms with van der Waals surface area (Å²) in [5.74, 6) is -2.30. The van der Waals surface area contributed by atoms with E-state index in [-0.39, 0.29) is 0 Å². The van der Waals surface area contributed by atoms with Crippen molar-refractivity contribution in [3.05, 3.63) is 0 Å². The van der Waals surface area contributed by atoms with Gasteiger partial charge in [0.15, 0.2) is 0 Å². The van der Waals surface area contributed by atoms with E-state index in [1.165, 1.54) is 13.8 Å². The molecule has 0 bridgehead atoms. The highest BCUT2D eigenvalue weighted by Crippen LogP contribution is 2.16. The third kappa shape index (κ3) is 2.79. The Bertz CT molecular complexity index is 155. The van der Waals surface area contributed by atoms with Gasteiger partial charge in [-0.15, -0.1) is 0 Å². The highest BCUT2D eigenvalue weighted by atomic mass is 16.4. The largest absolute Gasteiger partial charge is 0.481 e. The molecule has 0 spiro atoms. The Morgan fingerprint density at radius 1 is 1.17 bits per heavy atom. The van der Waals surface area contributed by atoms with Gasteiger partial charge in [-0.3, -0.25) is 4.79 Å². The van der Waals surface area contributed by atoms with Gasteiger partial charge in [0.2, 0.25) is 0 Å². The van der Waals surface area contributed by atoms with Crippen molar-refractivity contribution < 1.29 is 20.1 Å². The molecule has 4 nitrogen and oxygen atoms in total. The predicted octanol–water partition coefficient (Wildman–Crippen LogP) is 0.0849. The van der Waals surface area contributed by atoms with E-state index in [4.69, 9.17) is 10.2 Å². The van der Waals surface area contributed by atoms with Crippen LogP contribution in [-0.2, 0) is 4.79 Å². The highest BCUT2D eigenvalue weighted by molar-refractivity contribution is 5.70. The van der Waals surface area contributed by atoms with Crippen LogP contribution in [0.25, 0.3) is 0 Å². The Morgan fingerprint density at radius 2 is 1.58 bits per heavy atom. The third-order valence-corrected chi connectivity index (χ3v) is 2.20. The minimum atomic E-state index is -1.05. The summed E-state index contributed by atoms with van der Waals surface area (Å²) in [6.07, 6.45) is -1.69. The maximum atomic E-state index is 10.4. The normalized spacial score (nSPS) is 21.1. The second-order valence-corrected chi connectivity index (χ2v) is 3.22. The first-order valence-corrected chi connectivity index (χ1v) is 3.96. The highest BCUT2D eigenvalue weighted by Gasteiger charge is 2.28. The van der Waals surface area contributed by atoms with Crippen LogP contribution in [0.4, 0.5) is 0 Å². The SMILES string of the molecule is CC(O)C(C)C(O)C(C)C(=O)O. The van der Waals surface area contributed by atoms with E-state index < -0.39 is 30.0 Å². The molecule has 0 saturated carbocycles. The molecule has 0 radical (unpaired) electrons. The van der Waals surface area contributed by atoms with Gasteiger partial charge in [0.1, 0.15) is 0 Å². The fraction of sp³-hybridized carbons (Fsp3) is 0.875. The molecule has 72 valence electrons. The summed E-state index contributed by atoms with van der Waals surface area (Å²) in [4.78, 5) is 10.4. The van der Waals surface area contributed by atoms with E-state index in [2.05, 4.69) is 0 Å². The molecule has 0 fully saturated rings. The van der Waals surface area contributed by atoms with Gasteiger partial charge < -0.3 is 15.3 Å². The average molecular weight is 176 g/mol. The minimum absolute atomic E-state index is 0.420. The number of carboxylic acid groups (broad SMARTS) is 1. The number of aliphatic carboxylic acids is 1. The average Bonchev–Trinajstić information content (AvgIpc) is 2.00. The maximum absolute atomic E-state index is 10.4. The Balaban J connectivity index is 4.18. The molecule has 0 aliphatic carbocycles. The van der Waals surface area contributed by atoms with Gasteiger partial charge in [-0.2, -0.15) is 0 Å². The first-order chi connectivity index (χ1) is 5.37. The molecule has 4 unspecified atom stereocenters. The van der Waals surface area contributed by atoms with Crippen molar-refractivity contribution >= 4 is 5.97 Å². The van der Waals surface area contributed by atoms with Crippen LogP contribution < -0.4 is 0 Å². The number of aliphatic hydroxyl groups excluding tert-OH is 2. The second kappa shape index (κ2) is 4.42. The molecule has 0 aromatic heterocycles. The standard InChI is InChI=1S/C8H16O4/c1-4(6(3)9)7(10)5(2)8(11)12/h4-7,9-10H,1-3H3,(H,11,12). The first kappa shape index (κ1) is 11.4. The van der Waals surface area contributed by atoms with Crippen LogP contribution in [0.2, 0.25) is 0 Å². The van der Waals surface area contributed by atoms with Gasteiger partial charge in [0, 0.05) is 5.92 Å². The molecule has 12 heavy (non-hydrogen) atoms. The van der Waals surface area contributed by atoms with Crippen molar-refractivity contribution in [1.82, 2.24) is 0 Å². The molecule has 0 rings (SSSR count). The summed E-state index contributed by atoms with van der Waals surface area (Å²) in [7, 11) is 0. The van der Waals surface area contributed by atoms with E-state index >= 15 is 0 Å². The Hall–Kier alpha value is -0.610. The summed E-state index contributed by atoms with van der Waals surface area (Å²) in [5.41, 5.74) is 0. The van der Waals surface area contributed by atoms with Gasteiger partial charge in [-0.25, -0.2) is 0 Å². The van der Waals surface area contributed by atoms with Crippen LogP contribution in [0.5, 0.6) is 0 Å². The lowest BCUT2D eigenvalue weighted by Gasteiger charge is -2.24. The zero-order valence-corrected chi connectivity index (χ0v) is 7.56. The minimum Gasteiger partial charge on any atom is -0.481 e. The second-order valence-electron chi connectivity index (χ2n) is 3.22. The summed E-state index contributed by atoms with van der Waals surface area (Å²) in [5, 5.41) is 27.0. The van der Waals surface area contributed by atoms with Crippen molar-refractivity contribution in [1.29, 1.82) is 0 Å². The van der Waals surface area contributed by atoms with Crippen molar-refractivity contribution in [2.45, 2.75) is 33.0 Å². The molecule has 0 aromatic rings. The van der Waals surface area contributed by atoms with Crippen LogP contribution in [0.15, 0.2) is 0 Å². The number of carboxylic acids is 1. The van der Waals surface area contributed by atoms with Gasteiger partial charge >= 0.3 is 5.97 Å². The Morgan fingerprint density at radius 3 is 1.83 bits per heavy atom. The molecule has 0 aromatic carbocycles. The Labute approximate surface area is 71.8 Å². The third-order valence-electron chi connectivity index (χ3n) is 2.20. The van der Waals surface area contributed by atoms with Crippen LogP contribution in [-0.4, -0.2) is 33.5 Å². The topological polar surface area (TPSA) is 77.8 Å². The number of hydrogen-bond donors (Lipinski definition) is 3. The maximum Gasteiger partial charge on any atom is 0.308 e. The van der Waals surface area contributed by atoms with Gasteiger partial charge in [-0.1, -0.05) is 6.92 Å². The molecular weight excluding hydrogens is 160 g/mol. The molecular formula is C8H16O4. The Kier molecular flexibility index (Phi) is 4.20. The summed E-state index contributed by atoms with van der Waals surface area (Å²) < 4.78 is 0. The van der Waals surface area contributed by atoms with Gasteiger partial charge in [0.25, 0.3) is 0 Å². The summed E-state index contributed by atoms with van der Waals surface area (Å²) in [6.45, 7) is 4.57. The van der Waals surface area contributed by atoms with Crippen molar-refractivity contribution in [2.75, 3.05) is 0 Å². The van der Waals surface area contributed by atoms with Crippen LogP contribution in [0, 0.1) is 11.8 Å². The van der Waals surface area contributed by atoms with Crippen LogP contribution in [0.3, 0.4) is 0 Å². The lowest BCUT2D eigenvalue weighted by Crippen LogP contribution is -2.36. The molecule has 0 heterocycles. The number of hydrogen-bond acceptors (Lipinski definition) is 3. The number of aliphatic hydroxyl groups is 2. The first-order valence-electron chi connectivity index (χ1n) is 3.96. The van der Waals surface area contributed by atoms with Crippen molar-refractivity contribution in [2.24, 2.45) is 11.8 Å². The quantitative estimate of drug-likeness (QED) is 0.567. The van der Waals surface area contributed by atoms with Crippen LogP contribution >= 0.6 is 0 Å². The zero-order chi connectivity index (χ0) is 9.89. The van der Waals surface area contributed by atoms with Gasteiger partial charge in [-0.05, 0) is 13.8 Å². The van der Waals surface area contributed by atoms with E-state index in [1.54, 1.807) is 6.92 Å². The molecule has 0 aliphatic heterocycles. The lowest BCUT2D eigenvalue weighted by molar-refractivity contribution is -0.147. The van der Waals surface area contributed by atoms with Crippen molar-refractivity contribution in [3.8, 4) is 0 Å². The van der Waals surface area contributed by atoms with Crippen LogP contribution in [0.1, 0.15) is 20.8 Å². The van der Waals surface area contributed by atoms with E-state index in [0.717, 1.165) is 0 Å². The molecule has 0 saturated heterocycles. The lowest BCUT2D eigenvalue weighted by atomic mass is 9.90. The van der Waals surface area contributed by atoms with E-state index in [9.17, 15) is 9.90 Å². The fourth-order valence-corrected chi connectivity index (χ4v) is 0.887. The fourth-order valence-electron chi connectivity index (χ4n) is 0.887. The number of carbonyl (C=O) groups is 1. The van der Waals surface area contributed by atoms with E-state index in [0.29, 0.717) is 0 Å². The predicted molar refractivity (Wildman–Crippen MR) is 43.7 cm³/mol. The van der Waals surface area contributed by atoms with E-state index in [1.807, 2.05) is 0 Å². The zero-order valence-electron chi connectivity index (χ0n) is 7.56. The summed E-state index contributed by atoms with van der Waals surface area (Å²) >= 11 is 0. The molecule has 0 amide bonds. The monoisotopic (exact) mass is 176 g/mol. The molecule has 0 aliphatic rings. The summed E-state index contributed by atoms with van der Waals surface area (Å²) in [6, 6.07) is 0. The molecule has 4 atom stereocenters. The molecule has 4 heteroatoms. The van der Waals surface area contributed by atoms with Crippen molar-refractivity contribution in [3.63, 3.8) is 0 Å².